The van der Waals surface area contributed by atoms with Crippen LogP contribution in [0.15, 0.2) is 41.1 Å². The van der Waals surface area contributed by atoms with Gasteiger partial charge in [-0.15, -0.1) is 0 Å². The van der Waals surface area contributed by atoms with Crippen molar-refractivity contribution in [1.29, 1.82) is 0 Å². The molecular weight excluding hydrogens is 322 g/mol. The Bertz CT molecular complexity index is 602. The maximum Gasteiger partial charge on any atom is 0.358 e. The van der Waals surface area contributed by atoms with Crippen molar-refractivity contribution in [3.05, 3.63) is 52.4 Å². The number of hydrogen-bond acceptors (Lipinski definition) is 5. The number of carbonyl (C=O) groups excluding carboxylic acids is 1. The van der Waals surface area contributed by atoms with Gasteiger partial charge in [-0.3, -0.25) is 4.98 Å². The van der Waals surface area contributed by atoms with E-state index in [1.54, 1.807) is 6.20 Å². The average molecular weight is 336 g/mol. The number of methoxy groups -OCH3 is 1. The van der Waals surface area contributed by atoms with Gasteiger partial charge in [0.05, 0.1) is 19.5 Å². The van der Waals surface area contributed by atoms with E-state index >= 15 is 0 Å². The minimum Gasteiger partial charge on any atom is -0.464 e. The summed E-state index contributed by atoms with van der Waals surface area (Å²) in [5.74, 6) is 0.132. The van der Waals surface area contributed by atoms with Gasteiger partial charge >= 0.3 is 5.97 Å². The van der Waals surface area contributed by atoms with Crippen LogP contribution in [0.3, 0.4) is 0 Å². The third-order valence-electron chi connectivity index (χ3n) is 2.74. The van der Waals surface area contributed by atoms with Crippen LogP contribution in [0.4, 0.5) is 5.82 Å². The molecule has 0 spiro atoms. The maximum absolute atomic E-state index is 11.4. The normalized spacial score (nSPS) is 10.2. The first kappa shape index (κ1) is 14.5. The lowest BCUT2D eigenvalue weighted by atomic mass is 10.2. The summed E-state index contributed by atoms with van der Waals surface area (Å²) in [6.07, 6.45) is 3.01. The van der Waals surface area contributed by atoms with Crippen LogP contribution in [0.2, 0.25) is 0 Å². The Hall–Kier alpha value is -1.95. The fraction of sp³-hybridized carbons (Fsp3) is 0.214. The summed E-state index contributed by atoms with van der Waals surface area (Å²) in [4.78, 5) is 21.6. The lowest BCUT2D eigenvalue weighted by Crippen LogP contribution is -2.19. The molecule has 0 amide bonds. The summed E-state index contributed by atoms with van der Waals surface area (Å²) in [7, 11) is 3.22. The molecule has 0 aliphatic heterocycles. The summed E-state index contributed by atoms with van der Waals surface area (Å²) < 4.78 is 5.68. The van der Waals surface area contributed by atoms with E-state index in [9.17, 15) is 4.79 Å². The molecule has 1 heterocycles. The van der Waals surface area contributed by atoms with Crippen molar-refractivity contribution in [2.45, 2.75) is 6.54 Å². The monoisotopic (exact) mass is 335 g/mol. The molecule has 0 unspecified atom stereocenters. The van der Waals surface area contributed by atoms with Crippen LogP contribution in [0.25, 0.3) is 0 Å². The molecule has 0 bridgehead atoms. The Morgan fingerprint density at radius 1 is 1.30 bits per heavy atom. The molecule has 0 atom stereocenters. The van der Waals surface area contributed by atoms with E-state index in [4.69, 9.17) is 0 Å². The minimum absolute atomic E-state index is 0.202. The van der Waals surface area contributed by atoms with Crippen LogP contribution in [0, 0.1) is 0 Å². The molecule has 1 aromatic heterocycles. The number of hydrogen-bond donors (Lipinski definition) is 0. The first-order chi connectivity index (χ1) is 9.60. The molecule has 0 saturated heterocycles. The van der Waals surface area contributed by atoms with Gasteiger partial charge in [-0.25, -0.2) is 9.78 Å². The van der Waals surface area contributed by atoms with Crippen molar-refractivity contribution in [2.75, 3.05) is 19.1 Å². The molecule has 0 aliphatic carbocycles. The topological polar surface area (TPSA) is 55.3 Å². The van der Waals surface area contributed by atoms with Crippen molar-refractivity contribution in [2.24, 2.45) is 0 Å². The van der Waals surface area contributed by atoms with Gasteiger partial charge in [0.1, 0.15) is 5.82 Å². The number of halogens is 1. The Morgan fingerprint density at radius 3 is 2.65 bits per heavy atom. The smallest absolute Gasteiger partial charge is 0.358 e. The molecule has 0 N–H and O–H groups in total. The quantitative estimate of drug-likeness (QED) is 0.804. The Morgan fingerprint density at radius 2 is 2.00 bits per heavy atom. The van der Waals surface area contributed by atoms with E-state index < -0.39 is 5.97 Å². The van der Waals surface area contributed by atoms with Crippen LogP contribution < -0.4 is 4.90 Å². The zero-order valence-electron chi connectivity index (χ0n) is 11.2. The summed E-state index contributed by atoms with van der Waals surface area (Å²) in [6.45, 7) is 0.673. The number of anilines is 1. The fourth-order valence-corrected chi connectivity index (χ4v) is 1.95. The first-order valence-electron chi connectivity index (χ1n) is 5.96. The number of esters is 1. The van der Waals surface area contributed by atoms with Crippen molar-refractivity contribution in [3.8, 4) is 0 Å². The van der Waals surface area contributed by atoms with Crippen molar-refractivity contribution in [3.63, 3.8) is 0 Å². The lowest BCUT2D eigenvalue weighted by Gasteiger charge is -2.18. The molecule has 1 aromatic carbocycles. The van der Waals surface area contributed by atoms with Crippen LogP contribution in [0.5, 0.6) is 0 Å². The number of aromatic nitrogens is 2. The predicted octanol–water partition coefficient (Wildman–Crippen LogP) is 2.66. The van der Waals surface area contributed by atoms with E-state index in [2.05, 4.69) is 30.6 Å². The van der Waals surface area contributed by atoms with Crippen molar-refractivity contribution >= 4 is 27.7 Å². The highest BCUT2D eigenvalue weighted by atomic mass is 79.9. The van der Waals surface area contributed by atoms with E-state index in [-0.39, 0.29) is 5.69 Å². The highest BCUT2D eigenvalue weighted by Crippen LogP contribution is 2.15. The number of carbonyl (C=O) groups is 1. The second-order valence-electron chi connectivity index (χ2n) is 4.24. The molecular formula is C14H14BrN3O2. The summed E-state index contributed by atoms with van der Waals surface area (Å²) in [5, 5.41) is 0. The SMILES string of the molecule is COC(=O)c1cncc(N(C)Cc2ccc(Br)cc2)n1. The van der Waals surface area contributed by atoms with Crippen molar-refractivity contribution < 1.29 is 9.53 Å². The zero-order chi connectivity index (χ0) is 14.5. The van der Waals surface area contributed by atoms with Gasteiger partial charge in [0.25, 0.3) is 0 Å². The molecule has 5 nitrogen and oxygen atoms in total. The predicted molar refractivity (Wildman–Crippen MR) is 79.6 cm³/mol. The number of ether oxygens (including phenoxy) is 1. The lowest BCUT2D eigenvalue weighted by molar-refractivity contribution is 0.0593. The molecule has 0 fully saturated rings. The molecule has 2 aromatic rings. The van der Waals surface area contributed by atoms with Gasteiger partial charge in [-0.05, 0) is 17.7 Å². The summed E-state index contributed by atoms with van der Waals surface area (Å²) in [5.41, 5.74) is 1.34. The number of rotatable bonds is 4. The van der Waals surface area contributed by atoms with Crippen LogP contribution in [-0.2, 0) is 11.3 Å². The van der Waals surface area contributed by atoms with E-state index in [1.165, 1.54) is 13.3 Å². The van der Waals surface area contributed by atoms with E-state index in [1.807, 2.05) is 36.2 Å². The van der Waals surface area contributed by atoms with Gasteiger partial charge in [0.2, 0.25) is 0 Å². The first-order valence-corrected chi connectivity index (χ1v) is 6.75. The standard InChI is InChI=1S/C14H14BrN3O2/c1-18(9-10-3-5-11(15)6-4-10)13-8-16-7-12(17-13)14(19)20-2/h3-8H,9H2,1-2H3. The van der Waals surface area contributed by atoms with Gasteiger partial charge in [-0.2, -0.15) is 0 Å². The minimum atomic E-state index is -0.489. The van der Waals surface area contributed by atoms with Crippen LogP contribution in [0.1, 0.15) is 16.1 Å². The third kappa shape index (κ3) is 3.54. The largest absolute Gasteiger partial charge is 0.464 e. The van der Waals surface area contributed by atoms with Gasteiger partial charge in [0, 0.05) is 18.1 Å². The van der Waals surface area contributed by atoms with Gasteiger partial charge in [-0.1, -0.05) is 28.1 Å². The molecule has 6 heteroatoms. The maximum atomic E-state index is 11.4. The highest BCUT2D eigenvalue weighted by Gasteiger charge is 2.11. The Kier molecular flexibility index (Phi) is 4.68. The highest BCUT2D eigenvalue weighted by molar-refractivity contribution is 9.10. The number of benzene rings is 1. The second kappa shape index (κ2) is 6.47. The molecule has 2 rings (SSSR count). The molecule has 0 radical (unpaired) electrons. The van der Waals surface area contributed by atoms with E-state index in [0.717, 1.165) is 10.0 Å². The van der Waals surface area contributed by atoms with E-state index in [0.29, 0.717) is 12.4 Å². The Labute approximate surface area is 125 Å². The van der Waals surface area contributed by atoms with Crippen LogP contribution in [-0.4, -0.2) is 30.1 Å². The summed E-state index contributed by atoms with van der Waals surface area (Å²) >= 11 is 3.40. The number of nitrogens with zero attached hydrogens (tertiary/aromatic N) is 3. The zero-order valence-corrected chi connectivity index (χ0v) is 12.8. The molecule has 0 aliphatic rings. The molecule has 0 saturated carbocycles. The summed E-state index contributed by atoms with van der Waals surface area (Å²) in [6, 6.07) is 8.02. The third-order valence-corrected chi connectivity index (χ3v) is 3.27. The van der Waals surface area contributed by atoms with Crippen LogP contribution >= 0.6 is 15.9 Å². The van der Waals surface area contributed by atoms with Gasteiger partial charge < -0.3 is 9.64 Å². The van der Waals surface area contributed by atoms with Gasteiger partial charge in [0.15, 0.2) is 5.69 Å². The molecule has 20 heavy (non-hydrogen) atoms. The average Bonchev–Trinajstić information content (AvgIpc) is 2.49. The fourth-order valence-electron chi connectivity index (χ4n) is 1.69. The van der Waals surface area contributed by atoms with Crippen molar-refractivity contribution in [1.82, 2.24) is 9.97 Å². The Balaban J connectivity index is 2.14. The molecule has 104 valence electrons. The second-order valence-corrected chi connectivity index (χ2v) is 5.15.